The average Bonchev–Trinajstić information content (AvgIpc) is 2.69. The van der Waals surface area contributed by atoms with Crippen molar-refractivity contribution in [3.05, 3.63) is 65.5 Å². The van der Waals surface area contributed by atoms with Crippen molar-refractivity contribution in [3.8, 4) is 5.75 Å². The zero-order valence-electron chi connectivity index (χ0n) is 15.5. The zero-order chi connectivity index (χ0) is 19.6. The predicted octanol–water partition coefficient (Wildman–Crippen LogP) is 2.83. The second kappa shape index (κ2) is 10.4. The smallest absolute Gasteiger partial charge is 0.223 e. The molecule has 2 rings (SSSR count). The molecule has 0 aliphatic rings. The van der Waals surface area contributed by atoms with Gasteiger partial charge in [0.05, 0.1) is 7.11 Å². The number of Topliss-reactive ketones (excluding diaryl/α,β-unsaturated/α-hetero) is 1. The third-order valence-electron chi connectivity index (χ3n) is 4.30. The Morgan fingerprint density at radius 2 is 1.81 bits per heavy atom. The summed E-state index contributed by atoms with van der Waals surface area (Å²) in [6.45, 7) is 1.35. The molecule has 2 N–H and O–H groups in total. The number of ketones is 1. The van der Waals surface area contributed by atoms with E-state index in [-0.39, 0.29) is 35.8 Å². The third-order valence-corrected chi connectivity index (χ3v) is 4.30. The summed E-state index contributed by atoms with van der Waals surface area (Å²) in [6, 6.07) is 13.9. The van der Waals surface area contributed by atoms with Crippen LogP contribution in [0.25, 0.3) is 0 Å². The molecule has 0 unspecified atom stereocenters. The van der Waals surface area contributed by atoms with E-state index < -0.39 is 5.82 Å². The summed E-state index contributed by atoms with van der Waals surface area (Å²) in [5.74, 6) is -0.917. The Labute approximate surface area is 158 Å². The van der Waals surface area contributed by atoms with E-state index in [0.717, 1.165) is 18.1 Å². The fourth-order valence-corrected chi connectivity index (χ4v) is 2.79. The van der Waals surface area contributed by atoms with Crippen LogP contribution in [0.3, 0.4) is 0 Å². The molecule has 0 fully saturated rings. The van der Waals surface area contributed by atoms with E-state index in [1.807, 2.05) is 30.3 Å². The number of hydrogen-bond acceptors (Lipinski definition) is 4. The fraction of sp³-hybridized carbons (Fsp3) is 0.333. The van der Waals surface area contributed by atoms with Gasteiger partial charge in [-0.1, -0.05) is 30.3 Å². The lowest BCUT2D eigenvalue weighted by Gasteiger charge is -2.22. The van der Waals surface area contributed by atoms with Crippen molar-refractivity contribution >= 4 is 11.7 Å². The molecule has 0 heterocycles. The monoisotopic (exact) mass is 372 g/mol. The van der Waals surface area contributed by atoms with Gasteiger partial charge in [0.25, 0.3) is 0 Å². The fourth-order valence-electron chi connectivity index (χ4n) is 2.79. The van der Waals surface area contributed by atoms with Gasteiger partial charge in [0.1, 0.15) is 0 Å². The quantitative estimate of drug-likeness (QED) is 0.651. The van der Waals surface area contributed by atoms with Crippen LogP contribution in [0.5, 0.6) is 5.75 Å². The highest BCUT2D eigenvalue weighted by Gasteiger charge is 2.16. The molecular formula is C21H25FN2O3. The van der Waals surface area contributed by atoms with Crippen molar-refractivity contribution in [2.75, 3.05) is 26.7 Å². The largest absolute Gasteiger partial charge is 0.494 e. The minimum atomic E-state index is -0.595. The number of carbonyl (C=O) groups is 2. The van der Waals surface area contributed by atoms with Crippen LogP contribution in [0.4, 0.5) is 4.39 Å². The predicted molar refractivity (Wildman–Crippen MR) is 102 cm³/mol. The minimum Gasteiger partial charge on any atom is -0.494 e. The number of nitrogens with two attached hydrogens (primary N) is 1. The maximum atomic E-state index is 13.7. The van der Waals surface area contributed by atoms with E-state index in [4.69, 9.17) is 10.5 Å². The van der Waals surface area contributed by atoms with Gasteiger partial charge in [0, 0.05) is 38.0 Å². The van der Waals surface area contributed by atoms with Crippen LogP contribution in [0, 0.1) is 5.82 Å². The molecule has 27 heavy (non-hydrogen) atoms. The molecule has 5 nitrogen and oxygen atoms in total. The number of rotatable bonds is 10. The number of methoxy groups -OCH3 is 1. The molecule has 2 aromatic carbocycles. The summed E-state index contributed by atoms with van der Waals surface area (Å²) in [6.07, 6.45) is 0.822. The van der Waals surface area contributed by atoms with Crippen molar-refractivity contribution in [1.82, 2.24) is 4.90 Å². The van der Waals surface area contributed by atoms with Crippen LogP contribution in [-0.4, -0.2) is 43.3 Å². The van der Waals surface area contributed by atoms with Gasteiger partial charge in [-0.15, -0.1) is 0 Å². The third kappa shape index (κ3) is 6.18. The van der Waals surface area contributed by atoms with E-state index in [2.05, 4.69) is 0 Å². The molecule has 2 aromatic rings. The highest BCUT2D eigenvalue weighted by atomic mass is 19.1. The standard InChI is InChI=1S/C21H25FN2O3/c1-27-20-9-7-17(15-18(20)22)19(25)8-10-21(26)24(14-12-23)13-11-16-5-3-2-4-6-16/h2-7,9,15H,8,10-14,23H2,1H3. The first kappa shape index (κ1) is 20.6. The van der Waals surface area contributed by atoms with Crippen molar-refractivity contribution in [2.24, 2.45) is 5.73 Å². The SMILES string of the molecule is COc1ccc(C(=O)CCC(=O)N(CCN)CCc2ccccc2)cc1F. The normalized spacial score (nSPS) is 10.5. The lowest BCUT2D eigenvalue weighted by molar-refractivity contribution is -0.131. The molecule has 0 aliphatic heterocycles. The first-order chi connectivity index (χ1) is 13.0. The molecule has 0 radical (unpaired) electrons. The van der Waals surface area contributed by atoms with Crippen LogP contribution < -0.4 is 10.5 Å². The van der Waals surface area contributed by atoms with Gasteiger partial charge in [0.15, 0.2) is 17.3 Å². The number of benzene rings is 2. The van der Waals surface area contributed by atoms with E-state index in [9.17, 15) is 14.0 Å². The maximum Gasteiger partial charge on any atom is 0.223 e. The summed E-state index contributed by atoms with van der Waals surface area (Å²) in [4.78, 5) is 26.4. The van der Waals surface area contributed by atoms with E-state index in [1.165, 1.54) is 19.2 Å². The molecule has 144 valence electrons. The molecule has 0 saturated heterocycles. The van der Waals surface area contributed by atoms with Gasteiger partial charge in [0.2, 0.25) is 5.91 Å². The molecule has 0 bridgehead atoms. The van der Waals surface area contributed by atoms with Crippen LogP contribution in [0.1, 0.15) is 28.8 Å². The van der Waals surface area contributed by atoms with Gasteiger partial charge in [-0.3, -0.25) is 9.59 Å². The summed E-state index contributed by atoms with van der Waals surface area (Å²) in [5.41, 5.74) is 6.98. The van der Waals surface area contributed by atoms with Crippen molar-refractivity contribution in [1.29, 1.82) is 0 Å². The van der Waals surface area contributed by atoms with E-state index >= 15 is 0 Å². The van der Waals surface area contributed by atoms with E-state index in [0.29, 0.717) is 19.6 Å². The Morgan fingerprint density at radius 3 is 2.44 bits per heavy atom. The van der Waals surface area contributed by atoms with Gasteiger partial charge < -0.3 is 15.4 Å². The number of ether oxygens (including phenoxy) is 1. The Kier molecular flexibility index (Phi) is 7.95. The van der Waals surface area contributed by atoms with Gasteiger partial charge in [-0.25, -0.2) is 4.39 Å². The lowest BCUT2D eigenvalue weighted by Crippen LogP contribution is -2.37. The van der Waals surface area contributed by atoms with E-state index in [1.54, 1.807) is 4.90 Å². The Bertz CT molecular complexity index is 765. The summed E-state index contributed by atoms with van der Waals surface area (Å²) >= 11 is 0. The summed E-state index contributed by atoms with van der Waals surface area (Å²) < 4.78 is 18.6. The Morgan fingerprint density at radius 1 is 1.07 bits per heavy atom. The molecule has 0 aromatic heterocycles. The lowest BCUT2D eigenvalue weighted by atomic mass is 10.1. The molecule has 0 spiro atoms. The van der Waals surface area contributed by atoms with Gasteiger partial charge in [-0.05, 0) is 30.2 Å². The molecule has 1 amide bonds. The number of nitrogens with zero attached hydrogens (tertiary/aromatic N) is 1. The average molecular weight is 372 g/mol. The molecule has 0 atom stereocenters. The summed E-state index contributed by atoms with van der Waals surface area (Å²) in [7, 11) is 1.36. The number of halogens is 1. The van der Waals surface area contributed by atoms with Crippen LogP contribution >= 0.6 is 0 Å². The summed E-state index contributed by atoms with van der Waals surface area (Å²) in [5, 5.41) is 0. The Hall–Kier alpha value is -2.73. The highest BCUT2D eigenvalue weighted by molar-refractivity contribution is 5.98. The minimum absolute atomic E-state index is 0.0248. The molecule has 0 aliphatic carbocycles. The second-order valence-electron chi connectivity index (χ2n) is 6.18. The first-order valence-electron chi connectivity index (χ1n) is 8.93. The van der Waals surface area contributed by atoms with Gasteiger partial charge in [-0.2, -0.15) is 0 Å². The topological polar surface area (TPSA) is 72.6 Å². The van der Waals surface area contributed by atoms with Crippen LogP contribution in [0.15, 0.2) is 48.5 Å². The van der Waals surface area contributed by atoms with Gasteiger partial charge >= 0.3 is 0 Å². The first-order valence-corrected chi connectivity index (χ1v) is 8.93. The zero-order valence-corrected chi connectivity index (χ0v) is 15.5. The highest BCUT2D eigenvalue weighted by Crippen LogP contribution is 2.19. The van der Waals surface area contributed by atoms with Crippen LogP contribution in [-0.2, 0) is 11.2 Å². The van der Waals surface area contributed by atoms with Crippen molar-refractivity contribution in [2.45, 2.75) is 19.3 Å². The van der Waals surface area contributed by atoms with Crippen molar-refractivity contribution < 1.29 is 18.7 Å². The second-order valence-corrected chi connectivity index (χ2v) is 6.18. The molecule has 6 heteroatoms. The Balaban J connectivity index is 1.90. The molecular weight excluding hydrogens is 347 g/mol. The molecule has 0 saturated carbocycles. The number of amides is 1. The number of carbonyl (C=O) groups excluding carboxylic acids is 2. The number of hydrogen-bond donors (Lipinski definition) is 1. The maximum absolute atomic E-state index is 13.7. The van der Waals surface area contributed by atoms with Crippen LogP contribution in [0.2, 0.25) is 0 Å². The van der Waals surface area contributed by atoms with Crippen molar-refractivity contribution in [3.63, 3.8) is 0 Å².